The summed E-state index contributed by atoms with van der Waals surface area (Å²) in [5.74, 6) is 0.237. The number of halogens is 3. The average Bonchev–Trinajstić information content (AvgIpc) is 3.14. The van der Waals surface area contributed by atoms with Gasteiger partial charge in [-0.1, -0.05) is 6.42 Å². The largest absolute Gasteiger partial charge is 0.496 e. The molecule has 0 N–H and O–H groups in total. The number of ketones is 2. The number of methoxy groups -OCH3 is 1. The van der Waals surface area contributed by atoms with Crippen LogP contribution in [0.3, 0.4) is 0 Å². The maximum atomic E-state index is 13.2. The molecule has 1 heterocycles. The summed E-state index contributed by atoms with van der Waals surface area (Å²) in [5, 5.41) is 0. The minimum absolute atomic E-state index is 0.0210. The molecule has 1 aromatic carbocycles. The first-order chi connectivity index (χ1) is 13.7. The van der Waals surface area contributed by atoms with Gasteiger partial charge in [0.2, 0.25) is 0 Å². The number of likely N-dealkylation sites (tertiary alicyclic amines) is 1. The lowest BCUT2D eigenvalue weighted by Crippen LogP contribution is -2.43. The maximum Gasteiger partial charge on any atom is 0.416 e. The van der Waals surface area contributed by atoms with Crippen LogP contribution < -0.4 is 4.74 Å². The highest BCUT2D eigenvalue weighted by Gasteiger charge is 2.37. The Kier molecular flexibility index (Phi) is 6.94. The van der Waals surface area contributed by atoms with Crippen molar-refractivity contribution in [3.63, 3.8) is 0 Å². The number of hydrogen-bond acceptors (Lipinski definition) is 5. The summed E-state index contributed by atoms with van der Waals surface area (Å²) < 4.78 is 44.7. The van der Waals surface area contributed by atoms with E-state index in [0.29, 0.717) is 17.7 Å². The Hall–Kier alpha value is -1.54. The molecule has 0 aromatic heterocycles. The summed E-state index contributed by atoms with van der Waals surface area (Å²) in [7, 11) is 1.29. The van der Waals surface area contributed by atoms with Crippen LogP contribution in [0.4, 0.5) is 13.2 Å². The molecule has 1 saturated carbocycles. The highest BCUT2D eigenvalue weighted by Crippen LogP contribution is 2.40. The lowest BCUT2D eigenvalue weighted by Gasteiger charge is -2.35. The Labute approximate surface area is 173 Å². The van der Waals surface area contributed by atoms with Crippen LogP contribution in [0.5, 0.6) is 5.75 Å². The standard InChI is InChI=1S/C21H26F3NO3S/c1-28-18-11-14(21(22,23)24)12-19(29-2)20(18)17(27)10-13-4-3-5-16(13)25-8-6-15(26)7-9-25/h11-13,16H,3-10H2,1-2H3/t13-,16-/m0/s1. The molecule has 1 saturated heterocycles. The van der Waals surface area contributed by atoms with Crippen LogP contribution in [0.25, 0.3) is 0 Å². The van der Waals surface area contributed by atoms with Crippen LogP contribution in [-0.4, -0.2) is 49.0 Å². The molecular formula is C21H26F3NO3S. The molecule has 0 spiro atoms. The fourth-order valence-electron chi connectivity index (χ4n) is 4.53. The number of piperidine rings is 1. The van der Waals surface area contributed by atoms with Crippen molar-refractivity contribution in [2.45, 2.75) is 55.6 Å². The SMILES string of the molecule is COc1cc(C(F)(F)F)cc(SC)c1C(=O)C[C@@H]1CCC[C@@H]1N1CCC(=O)CC1. The fourth-order valence-corrected chi connectivity index (χ4v) is 5.20. The summed E-state index contributed by atoms with van der Waals surface area (Å²) in [6.45, 7) is 1.46. The number of benzene rings is 1. The first kappa shape index (κ1) is 22.2. The Morgan fingerprint density at radius 1 is 1.24 bits per heavy atom. The summed E-state index contributed by atoms with van der Waals surface area (Å²) in [5.41, 5.74) is -0.570. The van der Waals surface area contributed by atoms with Crippen LogP contribution in [0.15, 0.2) is 17.0 Å². The molecule has 0 bridgehead atoms. The van der Waals surface area contributed by atoms with E-state index in [1.54, 1.807) is 6.26 Å². The molecule has 0 amide bonds. The van der Waals surface area contributed by atoms with Gasteiger partial charge >= 0.3 is 6.18 Å². The molecule has 0 radical (unpaired) electrons. The lowest BCUT2D eigenvalue weighted by atomic mass is 9.91. The zero-order chi connectivity index (χ0) is 21.2. The van der Waals surface area contributed by atoms with E-state index in [0.717, 1.165) is 56.2 Å². The molecule has 8 heteroatoms. The van der Waals surface area contributed by atoms with Gasteiger partial charge in [0.1, 0.15) is 11.5 Å². The molecule has 2 aliphatic rings. The van der Waals surface area contributed by atoms with E-state index in [9.17, 15) is 22.8 Å². The number of nitrogens with zero attached hydrogens (tertiary/aromatic N) is 1. The van der Waals surface area contributed by atoms with Crippen molar-refractivity contribution in [3.8, 4) is 5.75 Å². The molecule has 1 aliphatic carbocycles. The average molecular weight is 430 g/mol. The van der Waals surface area contributed by atoms with Gasteiger partial charge in [0.15, 0.2) is 5.78 Å². The minimum Gasteiger partial charge on any atom is -0.496 e. The van der Waals surface area contributed by atoms with E-state index < -0.39 is 11.7 Å². The van der Waals surface area contributed by atoms with E-state index >= 15 is 0 Å². The van der Waals surface area contributed by atoms with Gasteiger partial charge in [-0.15, -0.1) is 11.8 Å². The Morgan fingerprint density at radius 3 is 2.52 bits per heavy atom. The first-order valence-corrected chi connectivity index (χ1v) is 11.1. The molecule has 1 aliphatic heterocycles. The predicted molar refractivity (Wildman–Crippen MR) is 106 cm³/mol. The second kappa shape index (κ2) is 9.08. The van der Waals surface area contributed by atoms with Crippen LogP contribution in [-0.2, 0) is 11.0 Å². The van der Waals surface area contributed by atoms with Gasteiger partial charge in [0.25, 0.3) is 0 Å². The Morgan fingerprint density at radius 2 is 1.93 bits per heavy atom. The lowest BCUT2D eigenvalue weighted by molar-refractivity contribution is -0.137. The van der Waals surface area contributed by atoms with E-state index in [1.807, 2.05) is 0 Å². The van der Waals surface area contributed by atoms with E-state index in [4.69, 9.17) is 4.74 Å². The zero-order valence-electron chi connectivity index (χ0n) is 16.7. The number of carbonyl (C=O) groups is 2. The third kappa shape index (κ3) is 4.97. The topological polar surface area (TPSA) is 46.6 Å². The van der Waals surface area contributed by atoms with Crippen molar-refractivity contribution in [1.29, 1.82) is 0 Å². The normalized spacial score (nSPS) is 23.4. The van der Waals surface area contributed by atoms with Crippen LogP contribution in [0, 0.1) is 5.92 Å². The predicted octanol–water partition coefficient (Wildman–Crippen LogP) is 4.84. The van der Waals surface area contributed by atoms with E-state index in [1.165, 1.54) is 7.11 Å². The van der Waals surface area contributed by atoms with Crippen molar-refractivity contribution < 1.29 is 27.5 Å². The van der Waals surface area contributed by atoms with Crippen LogP contribution in [0.1, 0.15) is 54.4 Å². The Bertz CT molecular complexity index is 746. The minimum atomic E-state index is -4.50. The van der Waals surface area contributed by atoms with Crippen LogP contribution >= 0.6 is 11.8 Å². The highest BCUT2D eigenvalue weighted by molar-refractivity contribution is 7.98. The van der Waals surface area contributed by atoms with Gasteiger partial charge in [-0.2, -0.15) is 13.2 Å². The number of thioether (sulfide) groups is 1. The number of rotatable bonds is 6. The summed E-state index contributed by atoms with van der Waals surface area (Å²) in [6, 6.07) is 2.20. The molecule has 2 fully saturated rings. The van der Waals surface area contributed by atoms with Crippen molar-refractivity contribution in [2.75, 3.05) is 26.5 Å². The first-order valence-electron chi connectivity index (χ1n) is 9.86. The summed E-state index contributed by atoms with van der Waals surface area (Å²) >= 11 is 1.12. The zero-order valence-corrected chi connectivity index (χ0v) is 17.5. The molecule has 29 heavy (non-hydrogen) atoms. The van der Waals surface area contributed by atoms with Crippen molar-refractivity contribution in [3.05, 3.63) is 23.3 Å². The number of hydrogen-bond donors (Lipinski definition) is 0. The van der Waals surface area contributed by atoms with Gasteiger partial charge in [0.05, 0.1) is 18.2 Å². The second-order valence-electron chi connectivity index (χ2n) is 7.71. The van der Waals surface area contributed by atoms with Gasteiger partial charge in [0, 0.05) is 43.3 Å². The van der Waals surface area contributed by atoms with Gasteiger partial charge < -0.3 is 4.74 Å². The molecule has 0 unspecified atom stereocenters. The number of ether oxygens (including phenoxy) is 1. The van der Waals surface area contributed by atoms with Gasteiger partial charge in [-0.05, 0) is 37.1 Å². The van der Waals surface area contributed by atoms with Crippen molar-refractivity contribution in [1.82, 2.24) is 4.90 Å². The molecule has 3 rings (SSSR count). The maximum absolute atomic E-state index is 13.2. The molecular weight excluding hydrogens is 403 g/mol. The second-order valence-corrected chi connectivity index (χ2v) is 8.56. The van der Waals surface area contributed by atoms with E-state index in [-0.39, 0.29) is 41.3 Å². The number of Topliss-reactive ketones (excluding diaryl/α,β-unsaturated/α-hetero) is 2. The summed E-state index contributed by atoms with van der Waals surface area (Å²) in [4.78, 5) is 27.3. The highest BCUT2D eigenvalue weighted by atomic mass is 32.2. The third-order valence-electron chi connectivity index (χ3n) is 6.00. The summed E-state index contributed by atoms with van der Waals surface area (Å²) in [6.07, 6.45) is 1.48. The van der Waals surface area contributed by atoms with Crippen molar-refractivity contribution >= 4 is 23.3 Å². The molecule has 4 nitrogen and oxygen atoms in total. The van der Waals surface area contributed by atoms with Gasteiger partial charge in [-0.25, -0.2) is 0 Å². The molecule has 1 aromatic rings. The van der Waals surface area contributed by atoms with Crippen LogP contribution in [0.2, 0.25) is 0 Å². The van der Waals surface area contributed by atoms with E-state index in [2.05, 4.69) is 4.90 Å². The third-order valence-corrected chi connectivity index (χ3v) is 6.77. The fraction of sp³-hybridized carbons (Fsp3) is 0.619. The number of alkyl halides is 3. The Balaban J connectivity index is 1.81. The van der Waals surface area contributed by atoms with Crippen molar-refractivity contribution in [2.24, 2.45) is 5.92 Å². The quantitative estimate of drug-likeness (QED) is 0.478. The molecule has 160 valence electrons. The smallest absolute Gasteiger partial charge is 0.416 e. The van der Waals surface area contributed by atoms with Gasteiger partial charge in [-0.3, -0.25) is 14.5 Å². The number of carbonyl (C=O) groups excluding carboxylic acids is 2. The molecule has 2 atom stereocenters. The monoisotopic (exact) mass is 429 g/mol.